The third-order valence-electron chi connectivity index (χ3n) is 4.25. The van der Waals surface area contributed by atoms with Gasteiger partial charge in [-0.2, -0.15) is 23.4 Å². The molecule has 31 heavy (non-hydrogen) atoms. The minimum atomic E-state index is -4.39. The van der Waals surface area contributed by atoms with Gasteiger partial charge in [0.05, 0.1) is 41.7 Å². The number of thiocarbonyl (C=S) groups is 1. The van der Waals surface area contributed by atoms with Crippen molar-refractivity contribution in [3.8, 4) is 0 Å². The molecule has 1 aromatic carbocycles. The summed E-state index contributed by atoms with van der Waals surface area (Å²) in [6.07, 6.45) is -1.50. The van der Waals surface area contributed by atoms with E-state index < -0.39 is 12.8 Å². The van der Waals surface area contributed by atoms with Crippen LogP contribution in [0, 0.1) is 19.7 Å². The minimum Gasteiger partial charge on any atom is -0.350 e. The molecule has 0 bridgehead atoms. The number of halogens is 4. The van der Waals surface area contributed by atoms with Gasteiger partial charge in [-0.25, -0.2) is 9.07 Å². The van der Waals surface area contributed by atoms with Crippen LogP contribution >= 0.6 is 12.2 Å². The van der Waals surface area contributed by atoms with Gasteiger partial charge in [-0.15, -0.1) is 0 Å². The van der Waals surface area contributed by atoms with Crippen LogP contribution in [0.15, 0.2) is 36.7 Å². The second kappa shape index (κ2) is 9.43. The van der Waals surface area contributed by atoms with Crippen molar-refractivity contribution in [2.45, 2.75) is 33.3 Å². The van der Waals surface area contributed by atoms with Gasteiger partial charge in [0.25, 0.3) is 0 Å². The topological polar surface area (TPSA) is 68.9 Å². The molecule has 0 unspecified atom stereocenters. The van der Waals surface area contributed by atoms with E-state index in [0.29, 0.717) is 12.2 Å². The molecule has 0 fully saturated rings. The highest BCUT2D eigenvalue weighted by Crippen LogP contribution is 2.21. The first-order chi connectivity index (χ1) is 14.6. The van der Waals surface area contributed by atoms with Crippen molar-refractivity contribution in [1.82, 2.24) is 19.6 Å². The van der Waals surface area contributed by atoms with Crippen LogP contribution in [0.2, 0.25) is 0 Å². The fourth-order valence-electron chi connectivity index (χ4n) is 2.82. The second-order valence-corrected chi connectivity index (χ2v) is 7.18. The number of ether oxygens (including phenoxy) is 1. The Balaban J connectivity index is 1.58. The van der Waals surface area contributed by atoms with Crippen LogP contribution in [0.1, 0.15) is 17.0 Å². The first-order valence-corrected chi connectivity index (χ1v) is 9.55. The van der Waals surface area contributed by atoms with Crippen LogP contribution in [-0.2, 0) is 18.0 Å². The Labute approximate surface area is 181 Å². The van der Waals surface area contributed by atoms with E-state index in [1.165, 1.54) is 29.2 Å². The molecule has 0 radical (unpaired) electrons. The molecule has 0 aliphatic heterocycles. The van der Waals surface area contributed by atoms with Crippen molar-refractivity contribution in [2.24, 2.45) is 0 Å². The molecular weight excluding hydrogens is 436 g/mol. The fraction of sp³-hybridized carbons (Fsp3) is 0.316. The molecule has 3 aromatic rings. The number of benzene rings is 1. The average Bonchev–Trinajstić information content (AvgIpc) is 3.22. The normalized spacial score (nSPS) is 11.5. The Morgan fingerprint density at radius 2 is 1.87 bits per heavy atom. The molecule has 7 nitrogen and oxygen atoms in total. The molecular formula is C19H20F4N6OS. The summed E-state index contributed by atoms with van der Waals surface area (Å²) in [7, 11) is 0. The maximum absolute atomic E-state index is 13.1. The third kappa shape index (κ3) is 6.49. The number of alkyl halides is 3. The van der Waals surface area contributed by atoms with Gasteiger partial charge in [-0.3, -0.25) is 4.68 Å². The highest BCUT2D eigenvalue weighted by atomic mass is 32.1. The standard InChI is InChI=1S/C19H20F4N6OS/c1-12-17(13(2)29(27-12)8-14-3-5-15(20)6-4-14)26-18(31)25-16-7-24-28(9-16)11-30-10-19(21,22)23/h3-7,9H,8,10-11H2,1-2H3,(H2,25,26,31). The van der Waals surface area contributed by atoms with Crippen molar-refractivity contribution in [3.63, 3.8) is 0 Å². The van der Waals surface area contributed by atoms with E-state index in [4.69, 9.17) is 12.2 Å². The van der Waals surface area contributed by atoms with Crippen LogP contribution < -0.4 is 10.6 Å². The van der Waals surface area contributed by atoms with Gasteiger partial charge in [0, 0.05) is 0 Å². The molecule has 3 rings (SSSR count). The van der Waals surface area contributed by atoms with Gasteiger partial charge < -0.3 is 15.4 Å². The second-order valence-electron chi connectivity index (χ2n) is 6.77. The minimum absolute atomic E-state index is 0.267. The van der Waals surface area contributed by atoms with E-state index in [9.17, 15) is 17.6 Å². The molecule has 0 amide bonds. The summed E-state index contributed by atoms with van der Waals surface area (Å²) in [5.41, 5.74) is 3.67. The molecule has 0 atom stereocenters. The number of hydrogen-bond acceptors (Lipinski definition) is 4. The number of rotatable bonds is 7. The molecule has 0 saturated carbocycles. The lowest BCUT2D eigenvalue weighted by molar-refractivity contribution is -0.182. The van der Waals surface area contributed by atoms with Crippen LogP contribution in [0.25, 0.3) is 0 Å². The van der Waals surface area contributed by atoms with Crippen molar-refractivity contribution in [3.05, 3.63) is 59.4 Å². The van der Waals surface area contributed by atoms with Crippen molar-refractivity contribution < 1.29 is 22.3 Å². The number of aromatic nitrogens is 4. The highest BCUT2D eigenvalue weighted by molar-refractivity contribution is 7.80. The summed E-state index contributed by atoms with van der Waals surface area (Å²) in [4.78, 5) is 0. The average molecular weight is 456 g/mol. The fourth-order valence-corrected chi connectivity index (χ4v) is 3.04. The largest absolute Gasteiger partial charge is 0.411 e. The Hall–Kier alpha value is -2.99. The van der Waals surface area contributed by atoms with Crippen molar-refractivity contribution >= 4 is 28.7 Å². The summed E-state index contributed by atoms with van der Waals surface area (Å²) in [5, 5.41) is 14.7. The lowest BCUT2D eigenvalue weighted by Gasteiger charge is -2.10. The first-order valence-electron chi connectivity index (χ1n) is 9.14. The molecule has 0 aliphatic rings. The molecule has 2 heterocycles. The molecule has 0 aliphatic carbocycles. The van der Waals surface area contributed by atoms with Gasteiger partial charge >= 0.3 is 6.18 Å². The molecule has 2 N–H and O–H groups in total. The molecule has 12 heteroatoms. The summed E-state index contributed by atoms with van der Waals surface area (Å²) in [5.74, 6) is -0.300. The Kier molecular flexibility index (Phi) is 6.91. The van der Waals surface area contributed by atoms with Crippen LogP contribution in [0.4, 0.5) is 28.9 Å². The molecule has 2 aromatic heterocycles. The smallest absolute Gasteiger partial charge is 0.350 e. The predicted octanol–water partition coefficient (Wildman–Crippen LogP) is 4.23. The maximum atomic E-state index is 13.1. The van der Waals surface area contributed by atoms with Crippen molar-refractivity contribution in [1.29, 1.82) is 0 Å². The summed E-state index contributed by atoms with van der Waals surface area (Å²) < 4.78 is 57.0. The summed E-state index contributed by atoms with van der Waals surface area (Å²) >= 11 is 5.32. The number of aryl methyl sites for hydroxylation is 1. The predicted molar refractivity (Wildman–Crippen MR) is 111 cm³/mol. The number of hydrogen-bond donors (Lipinski definition) is 2. The molecule has 0 saturated heterocycles. The highest BCUT2D eigenvalue weighted by Gasteiger charge is 2.27. The van der Waals surface area contributed by atoms with Gasteiger partial charge in [-0.1, -0.05) is 12.1 Å². The van der Waals surface area contributed by atoms with Crippen molar-refractivity contribution in [2.75, 3.05) is 17.2 Å². The third-order valence-corrected chi connectivity index (χ3v) is 4.45. The monoisotopic (exact) mass is 456 g/mol. The van der Waals surface area contributed by atoms with Crippen LogP contribution in [0.3, 0.4) is 0 Å². The lowest BCUT2D eigenvalue weighted by atomic mass is 10.2. The van der Waals surface area contributed by atoms with E-state index in [-0.39, 0.29) is 17.7 Å². The molecule has 166 valence electrons. The van der Waals surface area contributed by atoms with Gasteiger partial charge in [-0.05, 0) is 43.8 Å². The van der Waals surface area contributed by atoms with Crippen LogP contribution in [-0.4, -0.2) is 37.5 Å². The zero-order valence-electron chi connectivity index (χ0n) is 16.7. The Morgan fingerprint density at radius 3 is 2.55 bits per heavy atom. The maximum Gasteiger partial charge on any atom is 0.411 e. The van der Waals surface area contributed by atoms with E-state index >= 15 is 0 Å². The Morgan fingerprint density at radius 1 is 1.16 bits per heavy atom. The SMILES string of the molecule is Cc1nn(Cc2ccc(F)cc2)c(C)c1NC(=S)Nc1cnn(COCC(F)(F)F)c1. The van der Waals surface area contributed by atoms with E-state index in [1.807, 2.05) is 13.8 Å². The quantitative estimate of drug-likeness (QED) is 0.410. The zero-order valence-corrected chi connectivity index (χ0v) is 17.5. The number of nitrogens with zero attached hydrogens (tertiary/aromatic N) is 4. The van der Waals surface area contributed by atoms with E-state index in [2.05, 4.69) is 25.6 Å². The van der Waals surface area contributed by atoms with Crippen LogP contribution in [0.5, 0.6) is 0 Å². The lowest BCUT2D eigenvalue weighted by Crippen LogP contribution is -2.20. The summed E-state index contributed by atoms with van der Waals surface area (Å²) in [6, 6.07) is 6.18. The molecule has 0 spiro atoms. The van der Waals surface area contributed by atoms with E-state index in [0.717, 1.165) is 22.6 Å². The number of anilines is 2. The number of nitrogens with one attached hydrogen (secondary N) is 2. The van der Waals surface area contributed by atoms with Gasteiger partial charge in [0.2, 0.25) is 0 Å². The zero-order chi connectivity index (χ0) is 22.6. The first kappa shape index (κ1) is 22.7. The summed E-state index contributed by atoms with van der Waals surface area (Å²) in [6.45, 7) is 2.49. The van der Waals surface area contributed by atoms with E-state index in [1.54, 1.807) is 16.8 Å². The van der Waals surface area contributed by atoms with Gasteiger partial charge in [0.15, 0.2) is 5.11 Å². The Bertz CT molecular complexity index is 1040. The van der Waals surface area contributed by atoms with Gasteiger partial charge in [0.1, 0.15) is 19.2 Å².